The Morgan fingerprint density at radius 2 is 2.47 bits per heavy atom. The van der Waals surface area contributed by atoms with Crippen molar-refractivity contribution in [2.75, 3.05) is 6.54 Å². The Bertz CT molecular complexity index is 388. The van der Waals surface area contributed by atoms with Gasteiger partial charge in [-0.3, -0.25) is 4.79 Å². The Hall–Kier alpha value is -1.36. The molecule has 2 unspecified atom stereocenters. The highest BCUT2D eigenvalue weighted by atomic mass is 16.1. The van der Waals surface area contributed by atoms with Gasteiger partial charge in [0, 0.05) is 25.8 Å². The van der Waals surface area contributed by atoms with Crippen molar-refractivity contribution in [3.8, 4) is 0 Å². The normalized spacial score (nSPS) is 24.6. The zero-order chi connectivity index (χ0) is 12.3. The van der Waals surface area contributed by atoms with Crippen LogP contribution in [0.4, 0.5) is 0 Å². The summed E-state index contributed by atoms with van der Waals surface area (Å²) in [7, 11) is 1.85. The topological polar surface area (TPSA) is 72.9 Å². The molecule has 1 aromatic rings. The summed E-state index contributed by atoms with van der Waals surface area (Å²) >= 11 is 0. The third kappa shape index (κ3) is 3.30. The van der Waals surface area contributed by atoms with Crippen LogP contribution in [0.2, 0.25) is 0 Å². The van der Waals surface area contributed by atoms with Crippen LogP contribution in [-0.2, 0) is 7.05 Å². The number of carbonyl (C=O) groups is 1. The van der Waals surface area contributed by atoms with Crippen LogP contribution in [0.3, 0.4) is 0 Å². The summed E-state index contributed by atoms with van der Waals surface area (Å²) in [6.45, 7) is 0.711. The highest BCUT2D eigenvalue weighted by molar-refractivity contribution is 5.91. The first-order chi connectivity index (χ1) is 8.15. The highest BCUT2D eigenvalue weighted by Crippen LogP contribution is 2.22. The van der Waals surface area contributed by atoms with E-state index in [-0.39, 0.29) is 5.91 Å². The van der Waals surface area contributed by atoms with Crippen LogP contribution in [0, 0.1) is 5.92 Å². The first-order valence-electron chi connectivity index (χ1n) is 6.17. The lowest BCUT2D eigenvalue weighted by molar-refractivity contribution is 0.0938. The summed E-state index contributed by atoms with van der Waals surface area (Å²) in [5, 5.41) is 2.93. The molecular weight excluding hydrogens is 216 g/mol. The SMILES string of the molecule is Cn1cnc(C(=O)NCC2CCCC(N)C2)c1. The van der Waals surface area contributed by atoms with Crippen LogP contribution >= 0.6 is 0 Å². The first kappa shape index (κ1) is 12.1. The Morgan fingerprint density at radius 3 is 3.12 bits per heavy atom. The molecule has 0 aromatic carbocycles. The maximum Gasteiger partial charge on any atom is 0.271 e. The molecule has 2 rings (SSSR count). The molecule has 0 bridgehead atoms. The number of hydrogen-bond acceptors (Lipinski definition) is 3. The van der Waals surface area contributed by atoms with Crippen molar-refractivity contribution < 1.29 is 4.79 Å². The second-order valence-electron chi connectivity index (χ2n) is 4.93. The average molecular weight is 236 g/mol. The number of nitrogens with two attached hydrogens (primary N) is 1. The van der Waals surface area contributed by atoms with E-state index in [1.54, 1.807) is 17.1 Å². The molecule has 2 atom stereocenters. The first-order valence-corrected chi connectivity index (χ1v) is 6.17. The summed E-state index contributed by atoms with van der Waals surface area (Å²) in [4.78, 5) is 15.8. The van der Waals surface area contributed by atoms with Crippen molar-refractivity contribution >= 4 is 5.91 Å². The molecule has 1 fully saturated rings. The molecule has 5 heteroatoms. The minimum Gasteiger partial charge on any atom is -0.350 e. The molecule has 0 aliphatic heterocycles. The van der Waals surface area contributed by atoms with Gasteiger partial charge in [-0.1, -0.05) is 6.42 Å². The van der Waals surface area contributed by atoms with Gasteiger partial charge in [0.15, 0.2) is 0 Å². The van der Waals surface area contributed by atoms with Crippen LogP contribution in [0.5, 0.6) is 0 Å². The largest absolute Gasteiger partial charge is 0.350 e. The van der Waals surface area contributed by atoms with E-state index in [2.05, 4.69) is 10.3 Å². The maximum absolute atomic E-state index is 11.8. The number of nitrogens with zero attached hydrogens (tertiary/aromatic N) is 2. The minimum atomic E-state index is -0.0928. The summed E-state index contributed by atoms with van der Waals surface area (Å²) in [6, 6.07) is 0.306. The lowest BCUT2D eigenvalue weighted by Gasteiger charge is -2.26. The van der Waals surface area contributed by atoms with Crippen molar-refractivity contribution in [2.24, 2.45) is 18.7 Å². The third-order valence-corrected chi connectivity index (χ3v) is 3.31. The number of aryl methyl sites for hydroxylation is 1. The van der Waals surface area contributed by atoms with Gasteiger partial charge in [-0.05, 0) is 25.2 Å². The number of imidazole rings is 1. The molecule has 1 heterocycles. The number of hydrogen-bond donors (Lipinski definition) is 2. The number of aromatic nitrogens is 2. The molecule has 17 heavy (non-hydrogen) atoms. The highest BCUT2D eigenvalue weighted by Gasteiger charge is 2.20. The van der Waals surface area contributed by atoms with E-state index >= 15 is 0 Å². The Balaban J connectivity index is 1.80. The Labute approximate surface area is 101 Å². The van der Waals surface area contributed by atoms with Crippen LogP contribution in [0.15, 0.2) is 12.5 Å². The summed E-state index contributed by atoms with van der Waals surface area (Å²) in [5.41, 5.74) is 6.40. The number of carbonyl (C=O) groups excluding carboxylic acids is 1. The van der Waals surface area contributed by atoms with Crippen molar-refractivity contribution in [1.82, 2.24) is 14.9 Å². The molecule has 94 valence electrons. The van der Waals surface area contributed by atoms with E-state index in [0.717, 1.165) is 19.3 Å². The monoisotopic (exact) mass is 236 g/mol. The Morgan fingerprint density at radius 1 is 1.65 bits per heavy atom. The molecule has 0 saturated heterocycles. The predicted molar refractivity (Wildman–Crippen MR) is 65.5 cm³/mol. The van der Waals surface area contributed by atoms with E-state index < -0.39 is 0 Å². The fraction of sp³-hybridized carbons (Fsp3) is 0.667. The summed E-state index contributed by atoms with van der Waals surface area (Å²) in [5.74, 6) is 0.427. The fourth-order valence-electron chi connectivity index (χ4n) is 2.38. The second kappa shape index (κ2) is 5.31. The standard InChI is InChI=1S/C12H20N4O/c1-16-7-11(15-8-16)12(17)14-6-9-3-2-4-10(13)5-9/h7-10H,2-6,13H2,1H3,(H,14,17). The number of amides is 1. The van der Waals surface area contributed by atoms with Gasteiger partial charge in [0.2, 0.25) is 0 Å². The van der Waals surface area contributed by atoms with Gasteiger partial charge < -0.3 is 15.6 Å². The quantitative estimate of drug-likeness (QED) is 0.810. The predicted octanol–water partition coefficient (Wildman–Crippen LogP) is 0.667. The summed E-state index contributed by atoms with van der Waals surface area (Å²) < 4.78 is 1.77. The van der Waals surface area contributed by atoms with E-state index in [0.29, 0.717) is 24.2 Å². The molecule has 5 nitrogen and oxygen atoms in total. The molecule has 1 aliphatic rings. The fourth-order valence-corrected chi connectivity index (χ4v) is 2.38. The lowest BCUT2D eigenvalue weighted by Crippen LogP contribution is -2.35. The van der Waals surface area contributed by atoms with Gasteiger partial charge in [0.1, 0.15) is 5.69 Å². The average Bonchev–Trinajstić information content (AvgIpc) is 2.73. The van der Waals surface area contributed by atoms with E-state index in [1.807, 2.05) is 7.05 Å². The number of rotatable bonds is 3. The molecule has 1 amide bonds. The van der Waals surface area contributed by atoms with E-state index in [9.17, 15) is 4.79 Å². The molecule has 3 N–H and O–H groups in total. The third-order valence-electron chi connectivity index (χ3n) is 3.31. The van der Waals surface area contributed by atoms with Crippen molar-refractivity contribution in [3.05, 3.63) is 18.2 Å². The minimum absolute atomic E-state index is 0.0928. The van der Waals surface area contributed by atoms with Gasteiger partial charge in [0.05, 0.1) is 6.33 Å². The second-order valence-corrected chi connectivity index (χ2v) is 4.93. The molecule has 0 spiro atoms. The lowest BCUT2D eigenvalue weighted by atomic mass is 9.86. The van der Waals surface area contributed by atoms with Gasteiger partial charge in [-0.15, -0.1) is 0 Å². The molecule has 1 saturated carbocycles. The van der Waals surface area contributed by atoms with Crippen LogP contribution < -0.4 is 11.1 Å². The van der Waals surface area contributed by atoms with Crippen molar-refractivity contribution in [3.63, 3.8) is 0 Å². The van der Waals surface area contributed by atoms with Crippen LogP contribution in [0.1, 0.15) is 36.2 Å². The summed E-state index contributed by atoms with van der Waals surface area (Å²) in [6.07, 6.45) is 7.82. The smallest absolute Gasteiger partial charge is 0.271 e. The Kier molecular flexibility index (Phi) is 3.78. The molecular formula is C12H20N4O. The maximum atomic E-state index is 11.8. The van der Waals surface area contributed by atoms with Crippen LogP contribution in [-0.4, -0.2) is 28.0 Å². The van der Waals surface area contributed by atoms with Crippen molar-refractivity contribution in [2.45, 2.75) is 31.7 Å². The number of nitrogens with one attached hydrogen (secondary N) is 1. The van der Waals surface area contributed by atoms with Gasteiger partial charge in [-0.2, -0.15) is 0 Å². The van der Waals surface area contributed by atoms with Gasteiger partial charge in [0.25, 0.3) is 5.91 Å². The van der Waals surface area contributed by atoms with Crippen molar-refractivity contribution in [1.29, 1.82) is 0 Å². The zero-order valence-electron chi connectivity index (χ0n) is 10.2. The zero-order valence-corrected chi connectivity index (χ0v) is 10.2. The van der Waals surface area contributed by atoms with E-state index in [4.69, 9.17) is 5.73 Å². The van der Waals surface area contributed by atoms with Gasteiger partial charge in [-0.25, -0.2) is 4.98 Å². The van der Waals surface area contributed by atoms with E-state index in [1.165, 1.54) is 6.42 Å². The molecule has 1 aromatic heterocycles. The van der Waals surface area contributed by atoms with Crippen LogP contribution in [0.25, 0.3) is 0 Å². The van der Waals surface area contributed by atoms with Gasteiger partial charge >= 0.3 is 0 Å². The molecule has 0 radical (unpaired) electrons. The molecule has 1 aliphatic carbocycles.